The molecule has 0 unspecified atom stereocenters. The summed E-state index contributed by atoms with van der Waals surface area (Å²) in [5, 5.41) is 9.13. The Kier molecular flexibility index (Phi) is 6.97. The number of phenols is 1. The van der Waals surface area contributed by atoms with Gasteiger partial charge in [0, 0.05) is 6.54 Å². The van der Waals surface area contributed by atoms with Crippen molar-refractivity contribution in [2.45, 2.75) is 6.42 Å². The average Bonchev–Trinajstić information content (AvgIpc) is 2.26. The first-order chi connectivity index (χ1) is 8.47. The van der Waals surface area contributed by atoms with Crippen LogP contribution in [0.3, 0.4) is 0 Å². The van der Waals surface area contributed by atoms with E-state index in [4.69, 9.17) is 24.7 Å². The van der Waals surface area contributed by atoms with Crippen molar-refractivity contribution in [3.63, 3.8) is 0 Å². The van der Waals surface area contributed by atoms with Crippen LogP contribution in [0.15, 0.2) is 24.3 Å². The van der Waals surface area contributed by atoms with Crippen molar-refractivity contribution in [3.05, 3.63) is 29.8 Å². The summed E-state index contributed by atoms with van der Waals surface area (Å²) in [7, 11) is -4.16. The molecule has 0 bridgehead atoms. The highest BCUT2D eigenvalue weighted by molar-refractivity contribution is 7.46. The Balaban J connectivity index is 2.47. The van der Waals surface area contributed by atoms with Crippen molar-refractivity contribution in [1.82, 2.24) is 4.90 Å². The second-order valence-corrected chi connectivity index (χ2v) is 5.89. The van der Waals surface area contributed by atoms with E-state index in [9.17, 15) is 0 Å². The standard InChI is InChI=1S/C10H17NO5P2/c12-10-3-1-9(2-4-10)5-6-11(7-17(13)14)8-18(15)16/h1-4,12-16H,5-8H2. The fraction of sp³-hybridized carbons (Fsp3) is 0.400. The van der Waals surface area contributed by atoms with Gasteiger partial charge in [-0.15, -0.1) is 0 Å². The van der Waals surface area contributed by atoms with Crippen LogP contribution >= 0.6 is 16.8 Å². The molecule has 0 amide bonds. The SMILES string of the molecule is Oc1ccc(CCN(CP(O)O)CP(O)O)cc1. The van der Waals surface area contributed by atoms with Crippen LogP contribution in [0.5, 0.6) is 5.75 Å². The highest BCUT2D eigenvalue weighted by Gasteiger charge is 2.13. The van der Waals surface area contributed by atoms with Crippen molar-refractivity contribution in [2.24, 2.45) is 0 Å². The van der Waals surface area contributed by atoms with Crippen LogP contribution in [-0.4, -0.2) is 48.7 Å². The first-order valence-corrected chi connectivity index (χ1v) is 8.14. The van der Waals surface area contributed by atoms with Crippen molar-refractivity contribution in [1.29, 1.82) is 0 Å². The molecule has 0 aromatic heterocycles. The molecular weight excluding hydrogens is 276 g/mol. The maximum Gasteiger partial charge on any atom is 0.180 e. The molecule has 102 valence electrons. The first kappa shape index (κ1) is 15.7. The molecule has 1 aromatic carbocycles. The normalized spacial score (nSPS) is 11.7. The zero-order chi connectivity index (χ0) is 13.5. The number of benzene rings is 1. The van der Waals surface area contributed by atoms with Gasteiger partial charge in [0.25, 0.3) is 0 Å². The predicted octanol–water partition coefficient (Wildman–Crippen LogP) is 0.745. The van der Waals surface area contributed by atoms with Crippen LogP contribution in [0.2, 0.25) is 0 Å². The van der Waals surface area contributed by atoms with Gasteiger partial charge in [0.05, 0.1) is 12.6 Å². The zero-order valence-corrected chi connectivity index (χ0v) is 11.5. The van der Waals surface area contributed by atoms with Gasteiger partial charge in [-0.3, -0.25) is 4.90 Å². The van der Waals surface area contributed by atoms with Gasteiger partial charge < -0.3 is 24.7 Å². The van der Waals surface area contributed by atoms with Crippen molar-refractivity contribution >= 4 is 16.8 Å². The summed E-state index contributed by atoms with van der Waals surface area (Å²) >= 11 is 0. The second kappa shape index (κ2) is 7.97. The third kappa shape index (κ3) is 6.57. The van der Waals surface area contributed by atoms with Crippen LogP contribution in [0.1, 0.15) is 5.56 Å². The summed E-state index contributed by atoms with van der Waals surface area (Å²) in [6, 6.07) is 6.70. The number of hydrogen-bond acceptors (Lipinski definition) is 6. The van der Waals surface area contributed by atoms with E-state index in [0.29, 0.717) is 13.0 Å². The molecule has 0 saturated heterocycles. The van der Waals surface area contributed by atoms with E-state index in [-0.39, 0.29) is 18.3 Å². The molecule has 0 fully saturated rings. The molecule has 0 saturated carbocycles. The smallest absolute Gasteiger partial charge is 0.180 e. The van der Waals surface area contributed by atoms with Crippen molar-refractivity contribution < 1.29 is 24.7 Å². The number of phenolic OH excluding ortho intramolecular Hbond substituents is 1. The Labute approximate surface area is 108 Å². The molecule has 0 radical (unpaired) electrons. The summed E-state index contributed by atoms with van der Waals surface area (Å²) in [4.78, 5) is 37.4. The topological polar surface area (TPSA) is 104 Å². The summed E-state index contributed by atoms with van der Waals surface area (Å²) in [5.74, 6) is 0.194. The fourth-order valence-electron chi connectivity index (χ4n) is 1.49. The maximum atomic E-state index is 9.13. The minimum Gasteiger partial charge on any atom is -0.508 e. The first-order valence-electron chi connectivity index (χ1n) is 5.28. The maximum absolute atomic E-state index is 9.13. The van der Waals surface area contributed by atoms with E-state index in [1.165, 1.54) is 0 Å². The Morgan fingerprint density at radius 3 is 1.83 bits per heavy atom. The lowest BCUT2D eigenvalue weighted by molar-refractivity contribution is 0.326. The van der Waals surface area contributed by atoms with Crippen LogP contribution < -0.4 is 0 Å². The predicted molar refractivity (Wildman–Crippen MR) is 71.0 cm³/mol. The van der Waals surface area contributed by atoms with Crippen LogP contribution in [0, 0.1) is 0 Å². The molecule has 6 nitrogen and oxygen atoms in total. The van der Waals surface area contributed by atoms with Gasteiger partial charge in [-0.25, -0.2) is 0 Å². The third-order valence-electron chi connectivity index (χ3n) is 2.31. The molecular formula is C10H17NO5P2. The molecule has 0 heterocycles. The Hall–Kier alpha value is -0.320. The number of rotatable bonds is 7. The van der Waals surface area contributed by atoms with Crippen molar-refractivity contribution in [3.8, 4) is 5.75 Å². The fourth-order valence-corrected chi connectivity index (χ4v) is 2.85. The van der Waals surface area contributed by atoms with Crippen molar-refractivity contribution in [2.75, 3.05) is 19.1 Å². The zero-order valence-electron chi connectivity index (χ0n) is 9.72. The summed E-state index contributed by atoms with van der Waals surface area (Å²) in [5.41, 5.74) is 0.984. The van der Waals surface area contributed by atoms with Crippen LogP contribution in [0.25, 0.3) is 0 Å². The molecule has 5 N–H and O–H groups in total. The van der Waals surface area contributed by atoms with Gasteiger partial charge in [0.15, 0.2) is 16.8 Å². The molecule has 1 aromatic rings. The second-order valence-electron chi connectivity index (χ2n) is 3.84. The van der Waals surface area contributed by atoms with Gasteiger partial charge >= 0.3 is 0 Å². The number of aromatic hydroxyl groups is 1. The molecule has 0 atom stereocenters. The van der Waals surface area contributed by atoms with E-state index in [1.807, 2.05) is 0 Å². The van der Waals surface area contributed by atoms with Gasteiger partial charge in [-0.05, 0) is 24.1 Å². The Bertz CT molecular complexity index is 337. The molecule has 1 rings (SSSR count). The lowest BCUT2D eigenvalue weighted by atomic mass is 10.1. The molecule has 8 heteroatoms. The van der Waals surface area contributed by atoms with Gasteiger partial charge in [0.1, 0.15) is 5.75 Å². The quantitative estimate of drug-likeness (QED) is 0.475. The Morgan fingerprint density at radius 1 is 0.889 bits per heavy atom. The van der Waals surface area contributed by atoms with Gasteiger partial charge in [-0.2, -0.15) is 0 Å². The Morgan fingerprint density at radius 2 is 1.39 bits per heavy atom. The van der Waals surface area contributed by atoms with Crippen LogP contribution in [0.4, 0.5) is 0 Å². The lowest BCUT2D eigenvalue weighted by Gasteiger charge is -2.22. The molecule has 0 aliphatic rings. The van der Waals surface area contributed by atoms with Crippen LogP contribution in [-0.2, 0) is 6.42 Å². The highest BCUT2D eigenvalue weighted by atomic mass is 31.2. The van der Waals surface area contributed by atoms with E-state index in [2.05, 4.69) is 0 Å². The summed E-state index contributed by atoms with van der Waals surface area (Å²) in [6.45, 7) is 0.491. The molecule has 18 heavy (non-hydrogen) atoms. The number of nitrogens with zero attached hydrogens (tertiary/aromatic N) is 1. The minimum atomic E-state index is -2.08. The van der Waals surface area contributed by atoms with Gasteiger partial charge in [0.2, 0.25) is 0 Å². The summed E-state index contributed by atoms with van der Waals surface area (Å²) < 4.78 is 0. The number of hydrogen-bond donors (Lipinski definition) is 5. The van der Waals surface area contributed by atoms with E-state index < -0.39 is 16.8 Å². The summed E-state index contributed by atoms with van der Waals surface area (Å²) in [6.07, 6.45) is 0.702. The largest absolute Gasteiger partial charge is 0.508 e. The lowest BCUT2D eigenvalue weighted by Crippen LogP contribution is -2.26. The minimum absolute atomic E-state index is 0.0351. The molecule has 0 aliphatic carbocycles. The monoisotopic (exact) mass is 293 g/mol. The van der Waals surface area contributed by atoms with E-state index in [0.717, 1.165) is 5.56 Å². The van der Waals surface area contributed by atoms with Gasteiger partial charge in [-0.1, -0.05) is 12.1 Å². The molecule has 0 spiro atoms. The van der Waals surface area contributed by atoms with E-state index in [1.54, 1.807) is 29.2 Å². The average molecular weight is 293 g/mol. The van der Waals surface area contributed by atoms with E-state index >= 15 is 0 Å². The third-order valence-corrected chi connectivity index (χ3v) is 3.61. The molecule has 0 aliphatic heterocycles. The highest BCUT2D eigenvalue weighted by Crippen LogP contribution is 2.30.